The molecule has 112 valence electrons. The molecular formula is C17H28N2O. The molecule has 0 radical (unpaired) electrons. The Morgan fingerprint density at radius 2 is 1.95 bits per heavy atom. The third-order valence-corrected chi connectivity index (χ3v) is 3.06. The maximum absolute atomic E-state index is 5.95. The van der Waals surface area contributed by atoms with Crippen LogP contribution in [0.5, 0.6) is 0 Å². The fourth-order valence-electron chi connectivity index (χ4n) is 2.11. The number of furan rings is 1. The lowest BCUT2D eigenvalue weighted by molar-refractivity contribution is 0.288. The lowest BCUT2D eigenvalue weighted by Crippen LogP contribution is -2.23. The third-order valence-electron chi connectivity index (χ3n) is 3.06. The predicted molar refractivity (Wildman–Crippen MR) is 85.7 cm³/mol. The zero-order valence-electron chi connectivity index (χ0n) is 13.1. The van der Waals surface area contributed by atoms with Crippen LogP contribution in [0.4, 0.5) is 0 Å². The van der Waals surface area contributed by atoms with Gasteiger partial charge in [0.2, 0.25) is 0 Å². The van der Waals surface area contributed by atoms with Gasteiger partial charge in [0.15, 0.2) is 0 Å². The molecule has 1 N–H and O–H groups in total. The average molecular weight is 276 g/mol. The average Bonchev–Trinajstić information content (AvgIpc) is 2.70. The fourth-order valence-corrected chi connectivity index (χ4v) is 2.11. The summed E-state index contributed by atoms with van der Waals surface area (Å²) in [5.74, 6) is 2.70. The molecular weight excluding hydrogens is 248 g/mol. The van der Waals surface area contributed by atoms with Gasteiger partial charge in [0.25, 0.3) is 0 Å². The van der Waals surface area contributed by atoms with E-state index in [1.807, 2.05) is 12.2 Å². The SMILES string of the molecule is C=CCN(CC=C)Cc1cc(C)c(CNCC(C)C)o1. The molecule has 0 saturated carbocycles. The van der Waals surface area contributed by atoms with Crippen LogP contribution in [0.1, 0.15) is 30.9 Å². The molecule has 0 aliphatic carbocycles. The van der Waals surface area contributed by atoms with Crippen LogP contribution in [0.2, 0.25) is 0 Å². The van der Waals surface area contributed by atoms with Gasteiger partial charge >= 0.3 is 0 Å². The summed E-state index contributed by atoms with van der Waals surface area (Å²) in [7, 11) is 0. The summed E-state index contributed by atoms with van der Waals surface area (Å²) >= 11 is 0. The highest BCUT2D eigenvalue weighted by Crippen LogP contribution is 2.16. The standard InChI is InChI=1S/C17H28N2O/c1-6-8-19(9-7-2)13-16-10-15(5)17(20-16)12-18-11-14(3)4/h6-7,10,14,18H,1-2,8-9,11-13H2,3-5H3. The van der Waals surface area contributed by atoms with Gasteiger partial charge in [0.05, 0.1) is 13.1 Å². The van der Waals surface area contributed by atoms with Crippen LogP contribution in [0.15, 0.2) is 35.8 Å². The summed E-state index contributed by atoms with van der Waals surface area (Å²) in [4.78, 5) is 2.24. The highest BCUT2D eigenvalue weighted by molar-refractivity contribution is 5.20. The maximum atomic E-state index is 5.95. The molecule has 0 unspecified atom stereocenters. The van der Waals surface area contributed by atoms with E-state index < -0.39 is 0 Å². The Balaban J connectivity index is 2.58. The number of hydrogen-bond acceptors (Lipinski definition) is 3. The van der Waals surface area contributed by atoms with E-state index >= 15 is 0 Å². The van der Waals surface area contributed by atoms with Crippen LogP contribution in [0, 0.1) is 12.8 Å². The number of rotatable bonds is 10. The molecule has 0 aromatic carbocycles. The van der Waals surface area contributed by atoms with Gasteiger partial charge in [-0.1, -0.05) is 26.0 Å². The quantitative estimate of drug-likeness (QED) is 0.663. The van der Waals surface area contributed by atoms with Crippen LogP contribution < -0.4 is 5.32 Å². The molecule has 20 heavy (non-hydrogen) atoms. The number of nitrogens with one attached hydrogen (secondary N) is 1. The van der Waals surface area contributed by atoms with E-state index in [9.17, 15) is 0 Å². The Bertz CT molecular complexity index is 411. The van der Waals surface area contributed by atoms with Crippen molar-refractivity contribution in [1.82, 2.24) is 10.2 Å². The van der Waals surface area contributed by atoms with Gasteiger partial charge in [-0.05, 0) is 31.0 Å². The number of hydrogen-bond donors (Lipinski definition) is 1. The van der Waals surface area contributed by atoms with Crippen molar-refractivity contribution in [3.63, 3.8) is 0 Å². The van der Waals surface area contributed by atoms with Gasteiger partial charge in [-0.15, -0.1) is 13.2 Å². The van der Waals surface area contributed by atoms with Gasteiger partial charge < -0.3 is 9.73 Å². The first-order valence-corrected chi connectivity index (χ1v) is 7.29. The molecule has 1 aromatic rings. The Hall–Kier alpha value is -1.32. The van der Waals surface area contributed by atoms with E-state index in [2.05, 4.69) is 50.2 Å². The lowest BCUT2D eigenvalue weighted by atomic mass is 10.2. The summed E-state index contributed by atoms with van der Waals surface area (Å²) < 4.78 is 5.95. The lowest BCUT2D eigenvalue weighted by Gasteiger charge is -2.16. The van der Waals surface area contributed by atoms with Gasteiger partial charge in [0.1, 0.15) is 11.5 Å². The maximum Gasteiger partial charge on any atom is 0.120 e. The summed E-state index contributed by atoms with van der Waals surface area (Å²) in [5, 5.41) is 3.42. The molecule has 1 heterocycles. The van der Waals surface area contributed by atoms with Crippen molar-refractivity contribution in [2.75, 3.05) is 19.6 Å². The molecule has 0 aliphatic rings. The zero-order valence-corrected chi connectivity index (χ0v) is 13.1. The van der Waals surface area contributed by atoms with Gasteiger partial charge in [-0.3, -0.25) is 4.90 Å². The largest absolute Gasteiger partial charge is 0.463 e. The van der Waals surface area contributed by atoms with E-state index in [0.717, 1.165) is 44.2 Å². The molecule has 0 atom stereocenters. The number of nitrogens with zero attached hydrogens (tertiary/aromatic N) is 1. The van der Waals surface area contributed by atoms with Crippen molar-refractivity contribution in [3.05, 3.63) is 48.5 Å². The van der Waals surface area contributed by atoms with Crippen LogP contribution in [-0.2, 0) is 13.1 Å². The summed E-state index contributed by atoms with van der Waals surface area (Å²) in [6.07, 6.45) is 3.81. The second-order valence-electron chi connectivity index (χ2n) is 5.62. The minimum atomic E-state index is 0.653. The fraction of sp³-hybridized carbons (Fsp3) is 0.529. The van der Waals surface area contributed by atoms with E-state index in [0.29, 0.717) is 5.92 Å². The highest BCUT2D eigenvalue weighted by atomic mass is 16.3. The topological polar surface area (TPSA) is 28.4 Å². The first kappa shape index (κ1) is 16.7. The van der Waals surface area contributed by atoms with Crippen molar-refractivity contribution in [2.45, 2.75) is 33.9 Å². The van der Waals surface area contributed by atoms with Gasteiger partial charge in [-0.25, -0.2) is 0 Å². The summed E-state index contributed by atoms with van der Waals surface area (Å²) in [5.41, 5.74) is 1.22. The van der Waals surface area contributed by atoms with Gasteiger partial charge in [-0.2, -0.15) is 0 Å². The highest BCUT2D eigenvalue weighted by Gasteiger charge is 2.10. The van der Waals surface area contributed by atoms with Crippen LogP contribution in [-0.4, -0.2) is 24.5 Å². The normalized spacial score (nSPS) is 11.2. The molecule has 1 rings (SSSR count). The minimum absolute atomic E-state index is 0.653. The van der Waals surface area contributed by atoms with E-state index in [4.69, 9.17) is 4.42 Å². The Morgan fingerprint density at radius 1 is 1.30 bits per heavy atom. The summed E-state index contributed by atoms with van der Waals surface area (Å²) in [6, 6.07) is 2.13. The van der Waals surface area contributed by atoms with E-state index in [1.54, 1.807) is 0 Å². The number of aryl methyl sites for hydroxylation is 1. The first-order valence-electron chi connectivity index (χ1n) is 7.29. The molecule has 0 spiro atoms. The second-order valence-corrected chi connectivity index (χ2v) is 5.62. The van der Waals surface area contributed by atoms with Crippen molar-refractivity contribution < 1.29 is 4.42 Å². The monoisotopic (exact) mass is 276 g/mol. The summed E-state index contributed by atoms with van der Waals surface area (Å²) in [6.45, 7) is 18.4. The van der Waals surface area contributed by atoms with Crippen molar-refractivity contribution >= 4 is 0 Å². The first-order chi connectivity index (χ1) is 9.56. The van der Waals surface area contributed by atoms with Crippen LogP contribution in [0.25, 0.3) is 0 Å². The van der Waals surface area contributed by atoms with Crippen molar-refractivity contribution in [3.8, 4) is 0 Å². The molecule has 1 aromatic heterocycles. The molecule has 0 bridgehead atoms. The van der Waals surface area contributed by atoms with Crippen LogP contribution >= 0.6 is 0 Å². The molecule has 0 fully saturated rings. The van der Waals surface area contributed by atoms with Gasteiger partial charge in [0, 0.05) is 13.1 Å². The predicted octanol–water partition coefficient (Wildman–Crippen LogP) is 3.51. The smallest absolute Gasteiger partial charge is 0.120 e. The molecule has 0 aliphatic heterocycles. The molecule has 0 amide bonds. The van der Waals surface area contributed by atoms with Crippen LogP contribution in [0.3, 0.4) is 0 Å². The minimum Gasteiger partial charge on any atom is -0.463 e. The van der Waals surface area contributed by atoms with Crippen molar-refractivity contribution in [2.24, 2.45) is 5.92 Å². The Labute approximate surface area is 123 Å². The molecule has 3 heteroatoms. The van der Waals surface area contributed by atoms with E-state index in [1.165, 1.54) is 5.56 Å². The Morgan fingerprint density at radius 3 is 2.50 bits per heavy atom. The second kappa shape index (κ2) is 8.77. The Kier molecular flexibility index (Phi) is 7.34. The van der Waals surface area contributed by atoms with E-state index in [-0.39, 0.29) is 0 Å². The third kappa shape index (κ3) is 5.76. The molecule has 3 nitrogen and oxygen atoms in total. The van der Waals surface area contributed by atoms with Crippen molar-refractivity contribution in [1.29, 1.82) is 0 Å². The zero-order chi connectivity index (χ0) is 15.0. The molecule has 0 saturated heterocycles.